The Morgan fingerprint density at radius 3 is 2.45 bits per heavy atom. The van der Waals surface area contributed by atoms with Gasteiger partial charge in [0, 0.05) is 25.7 Å². The fourth-order valence-corrected chi connectivity index (χ4v) is 3.48. The summed E-state index contributed by atoms with van der Waals surface area (Å²) in [6.45, 7) is 3.94. The molecule has 0 aromatic rings. The van der Waals surface area contributed by atoms with Crippen LogP contribution in [0.2, 0.25) is 0 Å². The second-order valence-electron chi connectivity index (χ2n) is 6.69. The van der Waals surface area contributed by atoms with E-state index in [2.05, 4.69) is 12.2 Å². The minimum atomic E-state index is 0.0836. The van der Waals surface area contributed by atoms with Gasteiger partial charge in [-0.05, 0) is 44.4 Å². The summed E-state index contributed by atoms with van der Waals surface area (Å²) < 4.78 is 0. The summed E-state index contributed by atoms with van der Waals surface area (Å²) >= 11 is 0. The van der Waals surface area contributed by atoms with Gasteiger partial charge in [0.1, 0.15) is 0 Å². The number of aliphatic hydroxyl groups is 1. The van der Waals surface area contributed by atoms with Crippen molar-refractivity contribution in [3.05, 3.63) is 0 Å². The molecule has 0 aromatic carbocycles. The molecule has 1 aliphatic carbocycles. The molecule has 0 spiro atoms. The van der Waals surface area contributed by atoms with Gasteiger partial charge in [-0.15, -0.1) is 0 Å². The number of carbonyl (C=O) groups is 1. The molecule has 1 saturated heterocycles. The average Bonchev–Trinajstić information content (AvgIpc) is 2.98. The summed E-state index contributed by atoms with van der Waals surface area (Å²) in [7, 11) is 0. The molecule has 1 aliphatic heterocycles. The topological polar surface area (TPSA) is 52.6 Å². The van der Waals surface area contributed by atoms with E-state index in [1.807, 2.05) is 4.90 Å². The van der Waals surface area contributed by atoms with Crippen LogP contribution < -0.4 is 5.32 Å². The van der Waals surface area contributed by atoms with Crippen molar-refractivity contribution in [1.82, 2.24) is 10.2 Å². The largest absolute Gasteiger partial charge is 0.396 e. The Morgan fingerprint density at radius 1 is 1.20 bits per heavy atom. The maximum absolute atomic E-state index is 12.2. The third-order valence-electron chi connectivity index (χ3n) is 5.01. The molecule has 1 heterocycles. The van der Waals surface area contributed by atoms with Gasteiger partial charge in [-0.25, -0.2) is 4.79 Å². The number of carbonyl (C=O) groups excluding carboxylic acids is 1. The van der Waals surface area contributed by atoms with Gasteiger partial charge in [0.05, 0.1) is 0 Å². The molecule has 2 fully saturated rings. The highest BCUT2D eigenvalue weighted by Crippen LogP contribution is 2.28. The molecule has 4 heteroatoms. The quantitative estimate of drug-likeness (QED) is 0.814. The number of hydrogen-bond donors (Lipinski definition) is 2. The lowest BCUT2D eigenvalue weighted by Gasteiger charge is -2.32. The molecule has 2 aliphatic rings. The fourth-order valence-electron chi connectivity index (χ4n) is 3.48. The number of nitrogens with zero attached hydrogens (tertiary/aromatic N) is 1. The Balaban J connectivity index is 1.63. The minimum absolute atomic E-state index is 0.0836. The normalized spacial score (nSPS) is 23.0. The van der Waals surface area contributed by atoms with Gasteiger partial charge in [-0.3, -0.25) is 0 Å². The third kappa shape index (κ3) is 4.65. The minimum Gasteiger partial charge on any atom is -0.396 e. The van der Waals surface area contributed by atoms with E-state index in [-0.39, 0.29) is 18.7 Å². The molecule has 1 atom stereocenters. The fraction of sp³-hybridized carbons (Fsp3) is 0.938. The number of likely N-dealkylation sites (tertiary alicyclic amines) is 1. The highest BCUT2D eigenvalue weighted by atomic mass is 16.3. The molecular weight excluding hydrogens is 252 g/mol. The summed E-state index contributed by atoms with van der Waals surface area (Å²) in [6, 6.07) is 0.360. The van der Waals surface area contributed by atoms with E-state index in [0.29, 0.717) is 5.92 Å². The molecular formula is C16H30N2O2. The van der Waals surface area contributed by atoms with Gasteiger partial charge in [0.15, 0.2) is 0 Å². The number of aliphatic hydroxyl groups excluding tert-OH is 1. The van der Waals surface area contributed by atoms with Crippen molar-refractivity contribution < 1.29 is 9.90 Å². The van der Waals surface area contributed by atoms with Crippen molar-refractivity contribution in [3.63, 3.8) is 0 Å². The molecule has 4 nitrogen and oxygen atoms in total. The van der Waals surface area contributed by atoms with Crippen LogP contribution in [-0.2, 0) is 0 Å². The van der Waals surface area contributed by atoms with E-state index >= 15 is 0 Å². The maximum Gasteiger partial charge on any atom is 0.317 e. The molecule has 116 valence electrons. The van der Waals surface area contributed by atoms with Crippen molar-refractivity contribution in [2.75, 3.05) is 19.7 Å². The number of piperidine rings is 1. The van der Waals surface area contributed by atoms with Crippen LogP contribution in [0.4, 0.5) is 4.79 Å². The molecule has 2 rings (SSSR count). The average molecular weight is 282 g/mol. The number of rotatable bonds is 5. The molecule has 1 saturated carbocycles. The maximum atomic E-state index is 12.2. The third-order valence-corrected chi connectivity index (χ3v) is 5.01. The lowest BCUT2D eigenvalue weighted by molar-refractivity contribution is 0.135. The van der Waals surface area contributed by atoms with Crippen LogP contribution in [0, 0.1) is 11.8 Å². The molecule has 0 aromatic heterocycles. The van der Waals surface area contributed by atoms with Crippen LogP contribution in [0.1, 0.15) is 58.3 Å². The van der Waals surface area contributed by atoms with Crippen molar-refractivity contribution in [2.45, 2.75) is 64.3 Å². The number of nitrogens with one attached hydrogen (secondary N) is 1. The van der Waals surface area contributed by atoms with Crippen LogP contribution in [-0.4, -0.2) is 41.8 Å². The first-order chi connectivity index (χ1) is 9.69. The molecule has 2 N–H and O–H groups in total. The van der Waals surface area contributed by atoms with Crippen LogP contribution in [0.25, 0.3) is 0 Å². The lowest BCUT2D eigenvalue weighted by atomic mass is 9.98. The Kier molecular flexibility index (Phi) is 6.14. The van der Waals surface area contributed by atoms with Gasteiger partial charge in [0.2, 0.25) is 0 Å². The summed E-state index contributed by atoms with van der Waals surface area (Å²) in [5, 5.41) is 12.2. The predicted molar refractivity (Wildman–Crippen MR) is 80.6 cm³/mol. The van der Waals surface area contributed by atoms with E-state index < -0.39 is 0 Å². The van der Waals surface area contributed by atoms with E-state index in [1.165, 1.54) is 32.1 Å². The second-order valence-corrected chi connectivity index (χ2v) is 6.69. The lowest BCUT2D eigenvalue weighted by Crippen LogP contribution is -2.47. The van der Waals surface area contributed by atoms with Crippen molar-refractivity contribution in [1.29, 1.82) is 0 Å². The first kappa shape index (κ1) is 15.6. The van der Waals surface area contributed by atoms with Gasteiger partial charge in [-0.1, -0.05) is 25.7 Å². The van der Waals surface area contributed by atoms with E-state index in [9.17, 15) is 4.79 Å². The van der Waals surface area contributed by atoms with Gasteiger partial charge in [0.25, 0.3) is 0 Å². The summed E-state index contributed by atoms with van der Waals surface area (Å²) in [4.78, 5) is 14.1. The Hall–Kier alpha value is -0.770. The zero-order valence-corrected chi connectivity index (χ0v) is 12.8. The monoisotopic (exact) mass is 282 g/mol. The predicted octanol–water partition coefficient (Wildman–Crippen LogP) is 2.76. The van der Waals surface area contributed by atoms with Crippen molar-refractivity contribution in [2.24, 2.45) is 11.8 Å². The van der Waals surface area contributed by atoms with E-state index in [0.717, 1.165) is 38.3 Å². The Labute approximate surface area is 122 Å². The number of amides is 2. The first-order valence-electron chi connectivity index (χ1n) is 8.35. The smallest absolute Gasteiger partial charge is 0.317 e. The van der Waals surface area contributed by atoms with Gasteiger partial charge in [-0.2, -0.15) is 0 Å². The number of urea groups is 1. The van der Waals surface area contributed by atoms with Crippen molar-refractivity contribution >= 4 is 6.03 Å². The highest BCUT2D eigenvalue weighted by Gasteiger charge is 2.23. The number of hydrogen-bond acceptors (Lipinski definition) is 2. The van der Waals surface area contributed by atoms with E-state index in [4.69, 9.17) is 5.11 Å². The summed E-state index contributed by atoms with van der Waals surface area (Å²) in [6.07, 6.45) is 9.78. The van der Waals surface area contributed by atoms with E-state index in [1.54, 1.807) is 0 Å². The Bertz CT molecular complexity index is 295. The zero-order chi connectivity index (χ0) is 14.4. The standard InChI is InChI=1S/C16H30N2O2/c1-13(6-7-14-4-2-3-5-14)17-16(20)18-10-8-15(12-19)9-11-18/h13-15,19H,2-12H2,1H3,(H,17,20). The van der Waals surface area contributed by atoms with Crippen LogP contribution in [0.5, 0.6) is 0 Å². The molecule has 20 heavy (non-hydrogen) atoms. The van der Waals surface area contributed by atoms with Gasteiger partial charge >= 0.3 is 6.03 Å². The molecule has 2 amide bonds. The summed E-state index contributed by atoms with van der Waals surface area (Å²) in [5.41, 5.74) is 0. The molecule has 1 unspecified atom stereocenters. The molecule has 0 bridgehead atoms. The second kappa shape index (κ2) is 7.87. The SMILES string of the molecule is CC(CCC1CCCC1)NC(=O)N1CCC(CO)CC1. The van der Waals surface area contributed by atoms with Crippen LogP contribution >= 0.6 is 0 Å². The van der Waals surface area contributed by atoms with Crippen molar-refractivity contribution in [3.8, 4) is 0 Å². The highest BCUT2D eigenvalue weighted by molar-refractivity contribution is 5.74. The van der Waals surface area contributed by atoms with Gasteiger partial charge < -0.3 is 15.3 Å². The molecule has 0 radical (unpaired) electrons. The Morgan fingerprint density at radius 2 is 1.85 bits per heavy atom. The van der Waals surface area contributed by atoms with Crippen LogP contribution in [0.3, 0.4) is 0 Å². The van der Waals surface area contributed by atoms with Crippen LogP contribution in [0.15, 0.2) is 0 Å². The summed E-state index contributed by atoms with van der Waals surface area (Å²) in [5.74, 6) is 1.29. The zero-order valence-electron chi connectivity index (χ0n) is 12.8. The first-order valence-corrected chi connectivity index (χ1v) is 8.35.